The highest BCUT2D eigenvalue weighted by Gasteiger charge is 2.54. The third-order valence-electron chi connectivity index (χ3n) is 5.27. The molecule has 0 spiro atoms. The van der Waals surface area contributed by atoms with E-state index in [2.05, 4.69) is 6.92 Å². The first-order chi connectivity index (χ1) is 12.4. The van der Waals surface area contributed by atoms with E-state index >= 15 is 0 Å². The van der Waals surface area contributed by atoms with Gasteiger partial charge in [-0.2, -0.15) is 0 Å². The fourth-order valence-electron chi connectivity index (χ4n) is 3.98. The fraction of sp³-hybridized carbons (Fsp3) is 0.350. The molecule has 136 valence electrons. The number of amides is 2. The van der Waals surface area contributed by atoms with Gasteiger partial charge >= 0.3 is 6.03 Å². The van der Waals surface area contributed by atoms with Crippen molar-refractivity contribution in [3.63, 3.8) is 0 Å². The van der Waals surface area contributed by atoms with Gasteiger partial charge in [0.25, 0.3) is 0 Å². The molecule has 0 N–H and O–H groups in total. The lowest BCUT2D eigenvalue weighted by molar-refractivity contribution is 0.255. The summed E-state index contributed by atoms with van der Waals surface area (Å²) in [4.78, 5) is 16.6. The van der Waals surface area contributed by atoms with E-state index in [1.807, 2.05) is 55.5 Å². The van der Waals surface area contributed by atoms with Crippen LogP contribution in [-0.4, -0.2) is 38.0 Å². The molecule has 0 radical (unpaired) electrons. The number of nitrogens with zero attached hydrogens (tertiary/aromatic N) is 2. The molecule has 4 rings (SSSR count). The number of carbonyl (C=O) groups is 1. The summed E-state index contributed by atoms with van der Waals surface area (Å²) in [7, 11) is -3.17. The summed E-state index contributed by atoms with van der Waals surface area (Å²) >= 11 is 0. The van der Waals surface area contributed by atoms with Crippen LogP contribution in [0.2, 0.25) is 0 Å². The SMILES string of the molecule is CCc1ccc(N2C(=O)N(c3cccc(C)c3)C3CS(=O)(=O)CC32)cc1. The Labute approximate surface area is 154 Å². The van der Waals surface area contributed by atoms with Crippen molar-refractivity contribution in [3.8, 4) is 0 Å². The van der Waals surface area contributed by atoms with Gasteiger partial charge in [-0.05, 0) is 48.7 Å². The largest absolute Gasteiger partial charge is 0.329 e. The van der Waals surface area contributed by atoms with Gasteiger partial charge in [0.05, 0.1) is 23.6 Å². The highest BCUT2D eigenvalue weighted by molar-refractivity contribution is 7.91. The van der Waals surface area contributed by atoms with Crippen molar-refractivity contribution in [2.45, 2.75) is 32.4 Å². The number of urea groups is 1. The molecule has 2 aromatic carbocycles. The van der Waals surface area contributed by atoms with Crippen LogP contribution in [0.15, 0.2) is 48.5 Å². The van der Waals surface area contributed by atoms with Crippen LogP contribution in [0.25, 0.3) is 0 Å². The normalized spacial score (nSPS) is 24.2. The van der Waals surface area contributed by atoms with Gasteiger partial charge < -0.3 is 0 Å². The molecule has 6 heteroatoms. The Morgan fingerprint density at radius 1 is 0.962 bits per heavy atom. The average molecular weight is 370 g/mol. The van der Waals surface area contributed by atoms with Gasteiger partial charge in [-0.3, -0.25) is 9.80 Å². The first kappa shape index (κ1) is 17.1. The maximum Gasteiger partial charge on any atom is 0.329 e. The van der Waals surface area contributed by atoms with E-state index in [-0.39, 0.29) is 29.6 Å². The Hall–Kier alpha value is -2.34. The molecule has 2 atom stereocenters. The zero-order valence-corrected chi connectivity index (χ0v) is 15.7. The van der Waals surface area contributed by atoms with Crippen LogP contribution in [0.4, 0.5) is 16.2 Å². The average Bonchev–Trinajstić information content (AvgIpc) is 3.03. The molecular formula is C20H22N2O3S. The number of rotatable bonds is 3. The molecule has 0 aliphatic carbocycles. The molecule has 0 saturated carbocycles. The maximum absolute atomic E-state index is 13.3. The third kappa shape index (κ3) is 2.78. The minimum Gasteiger partial charge on any atom is -0.288 e. The van der Waals surface area contributed by atoms with E-state index in [1.165, 1.54) is 5.56 Å². The lowest BCUT2D eigenvalue weighted by Gasteiger charge is -2.23. The molecule has 5 nitrogen and oxygen atoms in total. The number of hydrogen-bond acceptors (Lipinski definition) is 3. The van der Waals surface area contributed by atoms with E-state index in [0.717, 1.165) is 23.4 Å². The Balaban J connectivity index is 1.78. The summed E-state index contributed by atoms with van der Waals surface area (Å²) in [6.45, 7) is 4.04. The molecule has 26 heavy (non-hydrogen) atoms. The Kier molecular flexibility index (Phi) is 4.03. The van der Waals surface area contributed by atoms with Crippen molar-refractivity contribution in [2.75, 3.05) is 21.3 Å². The van der Waals surface area contributed by atoms with Crippen molar-refractivity contribution < 1.29 is 13.2 Å². The minimum absolute atomic E-state index is 0.0148. The minimum atomic E-state index is -3.17. The summed E-state index contributed by atoms with van der Waals surface area (Å²) in [5.41, 5.74) is 3.74. The summed E-state index contributed by atoms with van der Waals surface area (Å²) in [5.74, 6) is 0.0299. The molecular weight excluding hydrogens is 348 g/mol. The zero-order valence-electron chi connectivity index (χ0n) is 14.9. The van der Waals surface area contributed by atoms with Gasteiger partial charge in [0.2, 0.25) is 0 Å². The summed E-state index contributed by atoms with van der Waals surface area (Å²) in [5, 5.41) is 0. The number of sulfone groups is 1. The molecule has 2 aromatic rings. The standard InChI is InChI=1S/C20H22N2O3S/c1-3-15-7-9-16(10-8-15)21-18-12-26(24,25)13-19(18)22(20(21)23)17-6-4-5-14(2)11-17/h4-11,18-19H,3,12-13H2,1-2H3. The van der Waals surface area contributed by atoms with Crippen LogP contribution in [0.1, 0.15) is 18.1 Å². The van der Waals surface area contributed by atoms with Crippen molar-refractivity contribution in [1.82, 2.24) is 0 Å². The second-order valence-electron chi connectivity index (χ2n) is 7.09. The smallest absolute Gasteiger partial charge is 0.288 e. The summed E-state index contributed by atoms with van der Waals surface area (Å²) in [6, 6.07) is 14.7. The zero-order chi connectivity index (χ0) is 18.5. The highest BCUT2D eigenvalue weighted by Crippen LogP contribution is 2.38. The van der Waals surface area contributed by atoms with Crippen LogP contribution in [-0.2, 0) is 16.3 Å². The predicted molar refractivity (Wildman–Crippen MR) is 104 cm³/mol. The Bertz CT molecular complexity index is 953. The summed E-state index contributed by atoms with van der Waals surface area (Å²) in [6.07, 6.45) is 0.921. The second-order valence-corrected chi connectivity index (χ2v) is 9.25. The first-order valence-corrected chi connectivity index (χ1v) is 10.7. The maximum atomic E-state index is 13.3. The fourth-order valence-corrected chi connectivity index (χ4v) is 5.90. The number of anilines is 2. The van der Waals surface area contributed by atoms with E-state index < -0.39 is 9.84 Å². The molecule has 2 heterocycles. The predicted octanol–water partition coefficient (Wildman–Crippen LogP) is 3.17. The third-order valence-corrected chi connectivity index (χ3v) is 6.97. The van der Waals surface area contributed by atoms with Crippen LogP contribution < -0.4 is 9.80 Å². The van der Waals surface area contributed by atoms with E-state index in [9.17, 15) is 13.2 Å². The molecule has 2 fully saturated rings. The molecule has 2 aliphatic heterocycles. The molecule has 0 aromatic heterocycles. The van der Waals surface area contributed by atoms with E-state index in [0.29, 0.717) is 0 Å². The molecule has 2 amide bonds. The quantitative estimate of drug-likeness (QED) is 0.780. The Morgan fingerprint density at radius 2 is 1.58 bits per heavy atom. The van der Waals surface area contributed by atoms with Crippen LogP contribution >= 0.6 is 0 Å². The number of benzene rings is 2. The number of carbonyl (C=O) groups excluding carboxylic acids is 1. The van der Waals surface area contributed by atoms with Crippen LogP contribution in [0, 0.1) is 6.92 Å². The van der Waals surface area contributed by atoms with Crippen molar-refractivity contribution in [1.29, 1.82) is 0 Å². The number of hydrogen-bond donors (Lipinski definition) is 0. The topological polar surface area (TPSA) is 57.7 Å². The van der Waals surface area contributed by atoms with Crippen molar-refractivity contribution >= 4 is 27.2 Å². The number of aryl methyl sites for hydroxylation is 2. The Morgan fingerprint density at radius 3 is 2.15 bits per heavy atom. The molecule has 0 bridgehead atoms. The van der Waals surface area contributed by atoms with Crippen LogP contribution in [0.3, 0.4) is 0 Å². The van der Waals surface area contributed by atoms with Crippen LogP contribution in [0.5, 0.6) is 0 Å². The van der Waals surface area contributed by atoms with Gasteiger partial charge in [-0.25, -0.2) is 13.2 Å². The van der Waals surface area contributed by atoms with E-state index in [4.69, 9.17) is 0 Å². The van der Waals surface area contributed by atoms with Gasteiger partial charge in [0.15, 0.2) is 9.84 Å². The lowest BCUT2D eigenvalue weighted by Crippen LogP contribution is -2.37. The molecule has 2 aliphatic rings. The monoisotopic (exact) mass is 370 g/mol. The highest BCUT2D eigenvalue weighted by atomic mass is 32.2. The lowest BCUT2D eigenvalue weighted by atomic mass is 10.1. The van der Waals surface area contributed by atoms with Gasteiger partial charge in [-0.15, -0.1) is 0 Å². The molecule has 2 saturated heterocycles. The van der Waals surface area contributed by atoms with E-state index in [1.54, 1.807) is 9.80 Å². The van der Waals surface area contributed by atoms with Gasteiger partial charge in [0, 0.05) is 11.4 Å². The van der Waals surface area contributed by atoms with Gasteiger partial charge in [-0.1, -0.05) is 31.2 Å². The summed E-state index contributed by atoms with van der Waals surface area (Å²) < 4.78 is 24.6. The first-order valence-electron chi connectivity index (χ1n) is 8.88. The second kappa shape index (κ2) is 6.13. The van der Waals surface area contributed by atoms with Crippen molar-refractivity contribution in [3.05, 3.63) is 59.7 Å². The van der Waals surface area contributed by atoms with Gasteiger partial charge in [0.1, 0.15) is 0 Å². The number of fused-ring (bicyclic) bond motifs is 1. The van der Waals surface area contributed by atoms with Crippen molar-refractivity contribution in [2.24, 2.45) is 0 Å². The molecule has 2 unspecified atom stereocenters.